The number of aromatic nitrogens is 2. The molecular formula is C17H26IN5O2. The van der Waals surface area contributed by atoms with Crippen LogP contribution in [0.1, 0.15) is 23.7 Å². The predicted octanol–water partition coefficient (Wildman–Crippen LogP) is 2.34. The van der Waals surface area contributed by atoms with Crippen molar-refractivity contribution in [2.24, 2.45) is 4.99 Å². The summed E-state index contributed by atoms with van der Waals surface area (Å²) in [6.07, 6.45) is 2.59. The topological polar surface area (TPSA) is 84.6 Å². The lowest BCUT2D eigenvalue weighted by Gasteiger charge is -2.11. The van der Waals surface area contributed by atoms with Crippen molar-refractivity contribution in [1.29, 1.82) is 0 Å². The van der Waals surface area contributed by atoms with Gasteiger partial charge in [-0.2, -0.15) is 4.98 Å². The Morgan fingerprint density at radius 1 is 1.16 bits per heavy atom. The molecule has 0 saturated carbocycles. The van der Waals surface area contributed by atoms with Gasteiger partial charge in [0.15, 0.2) is 11.8 Å². The van der Waals surface area contributed by atoms with Gasteiger partial charge in [0.25, 0.3) is 0 Å². The lowest BCUT2D eigenvalue weighted by Crippen LogP contribution is -2.38. The number of aliphatic imine (C=N–C) groups is 1. The van der Waals surface area contributed by atoms with Gasteiger partial charge in [0, 0.05) is 26.6 Å². The third-order valence-electron chi connectivity index (χ3n) is 3.52. The van der Waals surface area contributed by atoms with E-state index in [0.717, 1.165) is 44.1 Å². The van der Waals surface area contributed by atoms with Crippen molar-refractivity contribution in [3.05, 3.63) is 41.5 Å². The number of hydrogen-bond donors (Lipinski definition) is 2. The number of hydrogen-bond acceptors (Lipinski definition) is 5. The Labute approximate surface area is 165 Å². The summed E-state index contributed by atoms with van der Waals surface area (Å²) < 4.78 is 10.2. The summed E-state index contributed by atoms with van der Waals surface area (Å²) >= 11 is 0. The predicted molar refractivity (Wildman–Crippen MR) is 109 cm³/mol. The van der Waals surface area contributed by atoms with E-state index in [1.165, 1.54) is 5.56 Å². The Bertz CT molecular complexity index is 643. The third-order valence-corrected chi connectivity index (χ3v) is 3.52. The summed E-state index contributed by atoms with van der Waals surface area (Å²) in [4.78, 5) is 8.40. The summed E-state index contributed by atoms with van der Waals surface area (Å²) in [6.45, 7) is 3.43. The van der Waals surface area contributed by atoms with Gasteiger partial charge in [0.1, 0.15) is 5.75 Å². The summed E-state index contributed by atoms with van der Waals surface area (Å²) in [5.41, 5.74) is 1.26. The second kappa shape index (κ2) is 11.7. The van der Waals surface area contributed by atoms with Crippen LogP contribution in [0.15, 0.2) is 33.8 Å². The molecule has 1 aromatic carbocycles. The SMILES string of the molecule is CN=C(NCCCc1nc(C)no1)NCCc1ccc(OC)cc1.I. The highest BCUT2D eigenvalue weighted by Crippen LogP contribution is 2.11. The highest BCUT2D eigenvalue weighted by molar-refractivity contribution is 14.0. The van der Waals surface area contributed by atoms with Crippen LogP contribution in [-0.2, 0) is 12.8 Å². The summed E-state index contributed by atoms with van der Waals surface area (Å²) in [5.74, 6) is 3.02. The molecule has 138 valence electrons. The third kappa shape index (κ3) is 7.72. The van der Waals surface area contributed by atoms with Gasteiger partial charge in [-0.1, -0.05) is 17.3 Å². The molecule has 0 aliphatic heterocycles. The molecule has 0 aliphatic rings. The molecule has 0 unspecified atom stereocenters. The zero-order valence-electron chi connectivity index (χ0n) is 14.9. The number of halogens is 1. The van der Waals surface area contributed by atoms with Crippen molar-refractivity contribution in [2.75, 3.05) is 27.2 Å². The molecule has 0 bridgehead atoms. The van der Waals surface area contributed by atoms with Crippen molar-refractivity contribution < 1.29 is 9.26 Å². The first-order valence-corrected chi connectivity index (χ1v) is 8.08. The zero-order valence-corrected chi connectivity index (χ0v) is 17.2. The lowest BCUT2D eigenvalue weighted by molar-refractivity contribution is 0.372. The minimum Gasteiger partial charge on any atom is -0.497 e. The van der Waals surface area contributed by atoms with Gasteiger partial charge in [-0.15, -0.1) is 24.0 Å². The van der Waals surface area contributed by atoms with Crippen molar-refractivity contribution in [2.45, 2.75) is 26.2 Å². The van der Waals surface area contributed by atoms with Gasteiger partial charge in [-0.05, 0) is 37.5 Å². The maximum Gasteiger partial charge on any atom is 0.226 e. The smallest absolute Gasteiger partial charge is 0.226 e. The molecule has 1 heterocycles. The molecule has 1 aromatic heterocycles. The van der Waals surface area contributed by atoms with Crippen molar-refractivity contribution in [3.63, 3.8) is 0 Å². The minimum absolute atomic E-state index is 0. The number of nitrogens with one attached hydrogen (secondary N) is 2. The molecule has 0 fully saturated rings. The van der Waals surface area contributed by atoms with Crippen LogP contribution in [0.5, 0.6) is 5.75 Å². The molecule has 0 aliphatic carbocycles. The average molecular weight is 459 g/mol. The number of ether oxygens (including phenoxy) is 1. The van der Waals surface area contributed by atoms with E-state index >= 15 is 0 Å². The van der Waals surface area contributed by atoms with Crippen molar-refractivity contribution in [1.82, 2.24) is 20.8 Å². The normalized spacial score (nSPS) is 10.9. The number of benzene rings is 1. The van der Waals surface area contributed by atoms with Crippen molar-refractivity contribution >= 4 is 29.9 Å². The van der Waals surface area contributed by atoms with Crippen molar-refractivity contribution in [3.8, 4) is 5.75 Å². The van der Waals surface area contributed by atoms with E-state index in [1.54, 1.807) is 14.2 Å². The average Bonchev–Trinajstić information content (AvgIpc) is 3.03. The fraction of sp³-hybridized carbons (Fsp3) is 0.471. The first-order chi connectivity index (χ1) is 11.7. The Kier molecular flexibility index (Phi) is 9.90. The molecule has 0 spiro atoms. The Morgan fingerprint density at radius 2 is 1.88 bits per heavy atom. The van der Waals surface area contributed by atoms with Crippen LogP contribution in [0.2, 0.25) is 0 Å². The van der Waals surface area contributed by atoms with Crippen LogP contribution >= 0.6 is 24.0 Å². The van der Waals surface area contributed by atoms with Crippen LogP contribution in [0, 0.1) is 6.92 Å². The minimum atomic E-state index is 0. The van der Waals surface area contributed by atoms with Crippen LogP contribution in [-0.4, -0.2) is 43.3 Å². The summed E-state index contributed by atoms with van der Waals surface area (Å²) in [6, 6.07) is 8.09. The van der Waals surface area contributed by atoms with E-state index < -0.39 is 0 Å². The van der Waals surface area contributed by atoms with Crippen LogP contribution in [0.4, 0.5) is 0 Å². The van der Waals surface area contributed by atoms with Gasteiger partial charge in [0.05, 0.1) is 7.11 Å². The number of rotatable bonds is 8. The molecule has 2 aromatic rings. The second-order valence-electron chi connectivity index (χ2n) is 5.36. The molecule has 2 N–H and O–H groups in total. The largest absolute Gasteiger partial charge is 0.497 e. The molecule has 0 radical (unpaired) electrons. The van der Waals surface area contributed by atoms with E-state index in [9.17, 15) is 0 Å². The first-order valence-electron chi connectivity index (χ1n) is 8.08. The molecule has 7 nitrogen and oxygen atoms in total. The van der Waals surface area contributed by atoms with Gasteiger partial charge in [-0.25, -0.2) is 0 Å². The molecular weight excluding hydrogens is 433 g/mol. The lowest BCUT2D eigenvalue weighted by atomic mass is 10.1. The van der Waals surface area contributed by atoms with Crippen LogP contribution in [0.3, 0.4) is 0 Å². The molecule has 0 amide bonds. The first kappa shape index (κ1) is 21.2. The van der Waals surface area contributed by atoms with Crippen LogP contribution < -0.4 is 15.4 Å². The molecule has 0 atom stereocenters. The second-order valence-corrected chi connectivity index (χ2v) is 5.36. The Hall–Kier alpha value is -1.84. The number of aryl methyl sites for hydroxylation is 2. The number of methoxy groups -OCH3 is 1. The van der Waals surface area contributed by atoms with Gasteiger partial charge in [0.2, 0.25) is 5.89 Å². The Balaban J connectivity index is 0.00000312. The van der Waals surface area contributed by atoms with Gasteiger partial charge >= 0.3 is 0 Å². The van der Waals surface area contributed by atoms with E-state index in [4.69, 9.17) is 9.26 Å². The Morgan fingerprint density at radius 3 is 2.48 bits per heavy atom. The molecule has 8 heteroatoms. The quantitative estimate of drug-likeness (QED) is 0.273. The highest BCUT2D eigenvalue weighted by Gasteiger charge is 2.03. The summed E-state index contributed by atoms with van der Waals surface area (Å²) in [7, 11) is 3.44. The van der Waals surface area contributed by atoms with E-state index in [1.807, 2.05) is 19.1 Å². The maximum atomic E-state index is 5.16. The zero-order chi connectivity index (χ0) is 17.2. The van der Waals surface area contributed by atoms with E-state index in [-0.39, 0.29) is 24.0 Å². The summed E-state index contributed by atoms with van der Waals surface area (Å²) in [5, 5.41) is 10.4. The maximum absolute atomic E-state index is 5.16. The molecule has 0 saturated heterocycles. The van der Waals surface area contributed by atoms with E-state index in [2.05, 4.69) is 37.9 Å². The molecule has 2 rings (SSSR count). The fourth-order valence-electron chi connectivity index (χ4n) is 2.23. The number of guanidine groups is 1. The standard InChI is InChI=1S/C17H25N5O2.HI/c1-13-21-16(24-22-13)5-4-11-19-17(18-2)20-12-10-14-6-8-15(23-3)9-7-14;/h6-9H,4-5,10-12H2,1-3H3,(H2,18,19,20);1H. The molecule has 25 heavy (non-hydrogen) atoms. The monoisotopic (exact) mass is 459 g/mol. The van der Waals surface area contributed by atoms with Gasteiger partial charge in [-0.3, -0.25) is 4.99 Å². The fourth-order valence-corrected chi connectivity index (χ4v) is 2.23. The van der Waals surface area contributed by atoms with Crippen LogP contribution in [0.25, 0.3) is 0 Å². The van der Waals surface area contributed by atoms with E-state index in [0.29, 0.717) is 11.7 Å². The van der Waals surface area contributed by atoms with Gasteiger partial charge < -0.3 is 19.9 Å². The highest BCUT2D eigenvalue weighted by atomic mass is 127. The number of nitrogens with zero attached hydrogens (tertiary/aromatic N) is 3.